The van der Waals surface area contributed by atoms with Gasteiger partial charge in [0.05, 0.1) is 6.54 Å². The Morgan fingerprint density at radius 3 is 2.80 bits per heavy atom. The van der Waals surface area contributed by atoms with E-state index in [4.69, 9.17) is 0 Å². The highest BCUT2D eigenvalue weighted by molar-refractivity contribution is 5.16. The number of benzene rings is 1. The predicted octanol–water partition coefficient (Wildman–Crippen LogP) is 1.58. The van der Waals surface area contributed by atoms with E-state index < -0.39 is 6.04 Å². The van der Waals surface area contributed by atoms with Gasteiger partial charge in [0.25, 0.3) is 0 Å². The van der Waals surface area contributed by atoms with Crippen molar-refractivity contribution in [2.24, 2.45) is 0 Å². The van der Waals surface area contributed by atoms with Gasteiger partial charge in [0.15, 0.2) is 0 Å². The third-order valence-electron chi connectivity index (χ3n) is 2.07. The summed E-state index contributed by atoms with van der Waals surface area (Å²) >= 11 is 0. The fourth-order valence-corrected chi connectivity index (χ4v) is 1.13. The topological polar surface area (TPSA) is 55.2 Å². The molecule has 0 aliphatic rings. The second kappa shape index (κ2) is 5.41. The van der Waals surface area contributed by atoms with Crippen LogP contribution in [0.2, 0.25) is 0 Å². The summed E-state index contributed by atoms with van der Waals surface area (Å²) < 4.78 is 13.1. The van der Waals surface area contributed by atoms with Crippen LogP contribution < -0.4 is 5.32 Å². The van der Waals surface area contributed by atoms with Crippen LogP contribution in [0.15, 0.2) is 24.3 Å². The fraction of sp³-hybridized carbons (Fsp3) is 0.400. The van der Waals surface area contributed by atoms with E-state index >= 15 is 0 Å². The molecular weight excluding hydrogens is 199 g/mol. The van der Waals surface area contributed by atoms with Crippen LogP contribution in [0.4, 0.5) is 4.39 Å². The van der Waals surface area contributed by atoms with Crippen molar-refractivity contribution in [3.63, 3.8) is 0 Å². The standard InChI is InChI=1S/C10H13FN2O2/c1-8(13(14)15)6-12-7-9-4-2-3-5-10(9)11/h2-5,8,12H,6-7H2,1H3. The van der Waals surface area contributed by atoms with Gasteiger partial charge < -0.3 is 5.32 Å². The van der Waals surface area contributed by atoms with E-state index in [-0.39, 0.29) is 17.3 Å². The van der Waals surface area contributed by atoms with Crippen LogP contribution in [0.25, 0.3) is 0 Å². The molecule has 0 radical (unpaired) electrons. The lowest BCUT2D eigenvalue weighted by Crippen LogP contribution is -2.30. The van der Waals surface area contributed by atoms with Gasteiger partial charge in [-0.15, -0.1) is 0 Å². The van der Waals surface area contributed by atoms with Crippen LogP contribution in [0.1, 0.15) is 12.5 Å². The number of hydrogen-bond acceptors (Lipinski definition) is 3. The summed E-state index contributed by atoms with van der Waals surface area (Å²) in [5.74, 6) is -0.293. The van der Waals surface area contributed by atoms with E-state index in [0.29, 0.717) is 12.1 Å². The Bertz CT molecular complexity index is 344. The first-order valence-corrected chi connectivity index (χ1v) is 4.69. The lowest BCUT2D eigenvalue weighted by molar-refractivity contribution is -0.515. The number of halogens is 1. The second-order valence-electron chi connectivity index (χ2n) is 3.36. The van der Waals surface area contributed by atoms with Gasteiger partial charge in [-0.2, -0.15) is 0 Å². The first kappa shape index (κ1) is 11.6. The maximum atomic E-state index is 13.1. The Morgan fingerprint density at radius 1 is 1.53 bits per heavy atom. The summed E-state index contributed by atoms with van der Waals surface area (Å²) in [6, 6.07) is 5.71. The SMILES string of the molecule is CC(CNCc1ccccc1F)[N+](=O)[O-]. The van der Waals surface area contributed by atoms with Crippen molar-refractivity contribution in [2.75, 3.05) is 6.54 Å². The molecule has 0 amide bonds. The highest BCUT2D eigenvalue weighted by atomic mass is 19.1. The average molecular weight is 212 g/mol. The van der Waals surface area contributed by atoms with Crippen LogP contribution in [0.5, 0.6) is 0 Å². The molecule has 0 fully saturated rings. The monoisotopic (exact) mass is 212 g/mol. The minimum atomic E-state index is -0.656. The highest BCUT2D eigenvalue weighted by Crippen LogP contribution is 2.05. The molecule has 1 atom stereocenters. The quantitative estimate of drug-likeness (QED) is 0.595. The van der Waals surface area contributed by atoms with E-state index in [1.54, 1.807) is 18.2 Å². The Labute approximate surface area is 87.3 Å². The molecule has 0 saturated carbocycles. The van der Waals surface area contributed by atoms with E-state index in [0.717, 1.165) is 0 Å². The second-order valence-corrected chi connectivity index (χ2v) is 3.36. The van der Waals surface area contributed by atoms with Gasteiger partial charge in [-0.1, -0.05) is 18.2 Å². The molecule has 1 aromatic rings. The summed E-state index contributed by atoms with van der Waals surface area (Å²) in [6.45, 7) is 2.06. The number of rotatable bonds is 5. The molecule has 1 N–H and O–H groups in total. The molecule has 0 heterocycles. The van der Waals surface area contributed by atoms with Crippen molar-refractivity contribution in [3.05, 3.63) is 45.8 Å². The van der Waals surface area contributed by atoms with Crippen LogP contribution in [-0.4, -0.2) is 17.5 Å². The van der Waals surface area contributed by atoms with Gasteiger partial charge >= 0.3 is 0 Å². The van der Waals surface area contributed by atoms with Crippen LogP contribution in [-0.2, 0) is 6.54 Å². The van der Waals surface area contributed by atoms with Gasteiger partial charge in [0.1, 0.15) is 5.82 Å². The molecular formula is C10H13FN2O2. The summed E-state index contributed by atoms with van der Waals surface area (Å²) in [5, 5.41) is 13.1. The summed E-state index contributed by atoms with van der Waals surface area (Å²) in [7, 11) is 0. The fourth-order valence-electron chi connectivity index (χ4n) is 1.13. The molecule has 1 rings (SSSR count). The number of nitrogens with zero attached hydrogens (tertiary/aromatic N) is 1. The third-order valence-corrected chi connectivity index (χ3v) is 2.07. The maximum absolute atomic E-state index is 13.1. The van der Waals surface area contributed by atoms with Crippen molar-refractivity contribution in [3.8, 4) is 0 Å². The zero-order chi connectivity index (χ0) is 11.3. The Balaban J connectivity index is 2.38. The van der Waals surface area contributed by atoms with E-state index in [1.165, 1.54) is 13.0 Å². The van der Waals surface area contributed by atoms with Crippen LogP contribution >= 0.6 is 0 Å². The third kappa shape index (κ3) is 3.63. The minimum absolute atomic E-state index is 0.237. The molecule has 82 valence electrons. The molecule has 0 bridgehead atoms. The Morgan fingerprint density at radius 2 is 2.20 bits per heavy atom. The maximum Gasteiger partial charge on any atom is 0.222 e. The summed E-state index contributed by atoms with van der Waals surface area (Å²) in [4.78, 5) is 9.93. The van der Waals surface area contributed by atoms with Crippen molar-refractivity contribution in [2.45, 2.75) is 19.5 Å². The largest absolute Gasteiger partial charge is 0.306 e. The normalized spacial score (nSPS) is 12.4. The molecule has 0 spiro atoms. The smallest absolute Gasteiger partial charge is 0.222 e. The molecule has 1 aromatic carbocycles. The number of hydrogen-bond donors (Lipinski definition) is 1. The van der Waals surface area contributed by atoms with E-state index in [1.807, 2.05) is 0 Å². The zero-order valence-electron chi connectivity index (χ0n) is 8.44. The Kier molecular flexibility index (Phi) is 4.17. The van der Waals surface area contributed by atoms with Gasteiger partial charge in [-0.3, -0.25) is 10.1 Å². The van der Waals surface area contributed by atoms with Crippen LogP contribution in [0.3, 0.4) is 0 Å². The lowest BCUT2D eigenvalue weighted by Gasteiger charge is -2.06. The van der Waals surface area contributed by atoms with Gasteiger partial charge in [0, 0.05) is 24.0 Å². The summed E-state index contributed by atoms with van der Waals surface area (Å²) in [6.07, 6.45) is 0. The van der Waals surface area contributed by atoms with Crippen LogP contribution in [0, 0.1) is 15.9 Å². The van der Waals surface area contributed by atoms with E-state index in [9.17, 15) is 14.5 Å². The van der Waals surface area contributed by atoms with Gasteiger partial charge in [0.2, 0.25) is 6.04 Å². The van der Waals surface area contributed by atoms with Gasteiger partial charge in [-0.05, 0) is 6.07 Å². The summed E-state index contributed by atoms with van der Waals surface area (Å²) in [5.41, 5.74) is 0.521. The first-order valence-electron chi connectivity index (χ1n) is 4.69. The molecule has 15 heavy (non-hydrogen) atoms. The molecule has 0 aliphatic carbocycles. The molecule has 4 nitrogen and oxygen atoms in total. The van der Waals surface area contributed by atoms with Crippen molar-refractivity contribution in [1.29, 1.82) is 0 Å². The Hall–Kier alpha value is -1.49. The molecule has 5 heteroatoms. The molecule has 0 aliphatic heterocycles. The lowest BCUT2D eigenvalue weighted by atomic mass is 10.2. The molecule has 0 saturated heterocycles. The number of nitrogens with one attached hydrogen (secondary N) is 1. The molecule has 1 unspecified atom stereocenters. The van der Waals surface area contributed by atoms with Crippen molar-refractivity contribution >= 4 is 0 Å². The number of nitro groups is 1. The average Bonchev–Trinajstić information content (AvgIpc) is 2.20. The zero-order valence-corrected chi connectivity index (χ0v) is 8.44. The van der Waals surface area contributed by atoms with E-state index in [2.05, 4.69) is 5.32 Å². The van der Waals surface area contributed by atoms with Crippen molar-refractivity contribution < 1.29 is 9.31 Å². The highest BCUT2D eigenvalue weighted by Gasteiger charge is 2.11. The predicted molar refractivity (Wildman–Crippen MR) is 54.6 cm³/mol. The first-order chi connectivity index (χ1) is 7.11. The van der Waals surface area contributed by atoms with Crippen molar-refractivity contribution in [1.82, 2.24) is 5.32 Å². The van der Waals surface area contributed by atoms with Gasteiger partial charge in [-0.25, -0.2) is 4.39 Å². The minimum Gasteiger partial charge on any atom is -0.306 e. The molecule has 0 aromatic heterocycles.